The van der Waals surface area contributed by atoms with Crippen molar-refractivity contribution in [3.63, 3.8) is 0 Å². The molecule has 0 amide bonds. The van der Waals surface area contributed by atoms with Crippen molar-refractivity contribution in [3.05, 3.63) is 27.8 Å². The zero-order chi connectivity index (χ0) is 16.9. The maximum Gasteiger partial charge on any atom is 0.316 e. The number of esters is 1. The lowest BCUT2D eigenvalue weighted by molar-refractivity contribution is -0.146. The second-order valence-corrected chi connectivity index (χ2v) is 4.92. The minimum atomic E-state index is -1.41. The van der Waals surface area contributed by atoms with E-state index in [0.29, 0.717) is 0 Å². The van der Waals surface area contributed by atoms with Gasteiger partial charge in [-0.05, 0) is 19.4 Å². The number of carboxylic acids is 1. The van der Waals surface area contributed by atoms with Crippen molar-refractivity contribution in [1.82, 2.24) is 4.98 Å². The van der Waals surface area contributed by atoms with Gasteiger partial charge < -0.3 is 9.84 Å². The average Bonchev–Trinajstić information content (AvgIpc) is 2.42. The highest BCUT2D eigenvalue weighted by Crippen LogP contribution is 2.25. The quantitative estimate of drug-likeness (QED) is 0.351. The summed E-state index contributed by atoms with van der Waals surface area (Å²) < 4.78 is 18.2. The van der Waals surface area contributed by atoms with Crippen LogP contribution < -0.4 is 0 Å². The van der Waals surface area contributed by atoms with Gasteiger partial charge in [0, 0.05) is 6.42 Å². The lowest BCUT2D eigenvalue weighted by atomic mass is 9.94. The molecule has 0 aliphatic carbocycles. The van der Waals surface area contributed by atoms with Crippen molar-refractivity contribution >= 4 is 40.9 Å². The molecule has 0 spiro atoms. The number of carboxylic acid groups (broad SMARTS) is 1. The van der Waals surface area contributed by atoms with Crippen LogP contribution in [0.5, 0.6) is 0 Å². The van der Waals surface area contributed by atoms with E-state index in [4.69, 9.17) is 33.0 Å². The van der Waals surface area contributed by atoms with Crippen LogP contribution in [-0.2, 0) is 14.3 Å². The number of carbonyl (C=O) groups excluding carboxylic acids is 2. The summed E-state index contributed by atoms with van der Waals surface area (Å²) >= 11 is 11.2. The van der Waals surface area contributed by atoms with E-state index in [0.717, 1.165) is 6.07 Å². The molecule has 0 saturated heterocycles. The third-order valence-corrected chi connectivity index (χ3v) is 3.24. The summed E-state index contributed by atoms with van der Waals surface area (Å²) in [6.45, 7) is 1.55. The van der Waals surface area contributed by atoms with Crippen LogP contribution in [0.4, 0.5) is 4.39 Å². The molecule has 0 bridgehead atoms. The Morgan fingerprint density at radius 2 is 2.00 bits per heavy atom. The standard InChI is InChI=1S/C13H12Cl2FNO5/c1-2-22-13(21)6(3-4-9(18)19)10(20)7-5-8(16)12(15)17-11(7)14/h5-6H,2-4H2,1H3,(H,18,19). The molecule has 1 aromatic heterocycles. The summed E-state index contributed by atoms with van der Waals surface area (Å²) in [5, 5.41) is 7.79. The van der Waals surface area contributed by atoms with Gasteiger partial charge in [0.2, 0.25) is 0 Å². The zero-order valence-electron chi connectivity index (χ0n) is 11.4. The normalized spacial score (nSPS) is 11.8. The summed E-state index contributed by atoms with van der Waals surface area (Å²) in [5.74, 6) is -5.34. The highest BCUT2D eigenvalue weighted by Gasteiger charge is 2.31. The summed E-state index contributed by atoms with van der Waals surface area (Å²) in [6.07, 6.45) is -0.732. The number of aromatic nitrogens is 1. The molecule has 1 heterocycles. The molecule has 9 heteroatoms. The molecule has 1 rings (SSSR count). The van der Waals surface area contributed by atoms with Crippen LogP contribution in [0.3, 0.4) is 0 Å². The number of carbonyl (C=O) groups is 3. The predicted molar refractivity (Wildman–Crippen MR) is 75.5 cm³/mol. The maximum atomic E-state index is 13.4. The summed E-state index contributed by atoms with van der Waals surface area (Å²) in [4.78, 5) is 38.2. The molecule has 22 heavy (non-hydrogen) atoms. The predicted octanol–water partition coefficient (Wildman–Crippen LogP) is 2.75. The molecule has 1 unspecified atom stereocenters. The molecular weight excluding hydrogens is 340 g/mol. The first-order valence-corrected chi connectivity index (χ1v) is 6.97. The highest BCUT2D eigenvalue weighted by atomic mass is 35.5. The van der Waals surface area contributed by atoms with Crippen molar-refractivity contribution < 1.29 is 28.6 Å². The van der Waals surface area contributed by atoms with Crippen LogP contribution in [0.25, 0.3) is 0 Å². The van der Waals surface area contributed by atoms with Gasteiger partial charge in [-0.3, -0.25) is 14.4 Å². The Bertz CT molecular complexity index is 608. The van der Waals surface area contributed by atoms with E-state index in [9.17, 15) is 18.8 Å². The first-order valence-electron chi connectivity index (χ1n) is 6.22. The fourth-order valence-corrected chi connectivity index (χ4v) is 2.09. The number of hydrogen-bond acceptors (Lipinski definition) is 5. The molecular formula is C13H12Cl2FNO5. The van der Waals surface area contributed by atoms with Crippen LogP contribution in [0, 0.1) is 11.7 Å². The van der Waals surface area contributed by atoms with E-state index in [-0.39, 0.29) is 23.7 Å². The Morgan fingerprint density at radius 3 is 2.55 bits per heavy atom. The number of ether oxygens (including phenoxy) is 1. The average molecular weight is 352 g/mol. The lowest BCUT2D eigenvalue weighted by Crippen LogP contribution is -2.27. The smallest absolute Gasteiger partial charge is 0.316 e. The van der Waals surface area contributed by atoms with Gasteiger partial charge in [-0.1, -0.05) is 23.2 Å². The van der Waals surface area contributed by atoms with E-state index < -0.39 is 41.0 Å². The molecule has 0 radical (unpaired) electrons. The Kier molecular flexibility index (Phi) is 6.70. The molecule has 1 atom stereocenters. The van der Waals surface area contributed by atoms with Crippen molar-refractivity contribution in [2.75, 3.05) is 6.61 Å². The Hall–Kier alpha value is -1.73. The van der Waals surface area contributed by atoms with E-state index in [1.165, 1.54) is 6.92 Å². The third-order valence-electron chi connectivity index (χ3n) is 2.69. The molecule has 0 aliphatic heterocycles. The van der Waals surface area contributed by atoms with Gasteiger partial charge in [-0.25, -0.2) is 9.37 Å². The first kappa shape index (κ1) is 18.3. The molecule has 6 nitrogen and oxygen atoms in total. The van der Waals surface area contributed by atoms with E-state index in [1.54, 1.807) is 0 Å². The summed E-state index contributed by atoms with van der Waals surface area (Å²) in [5.41, 5.74) is -0.355. The first-order chi connectivity index (χ1) is 10.3. The number of aliphatic carboxylic acids is 1. The molecule has 0 saturated carbocycles. The highest BCUT2D eigenvalue weighted by molar-refractivity contribution is 6.35. The summed E-state index contributed by atoms with van der Waals surface area (Å²) in [6, 6.07) is 0.757. The number of halogens is 3. The van der Waals surface area contributed by atoms with Crippen LogP contribution in [-0.4, -0.2) is 34.4 Å². The number of rotatable bonds is 7. The number of pyridine rings is 1. The minimum Gasteiger partial charge on any atom is -0.481 e. The van der Waals surface area contributed by atoms with Crippen molar-refractivity contribution in [3.8, 4) is 0 Å². The fraction of sp³-hybridized carbons (Fsp3) is 0.385. The second-order valence-electron chi connectivity index (χ2n) is 4.20. The van der Waals surface area contributed by atoms with Crippen molar-refractivity contribution in [2.45, 2.75) is 19.8 Å². The molecule has 0 aromatic carbocycles. The molecule has 1 aromatic rings. The minimum absolute atomic E-state index is 0.0106. The van der Waals surface area contributed by atoms with Gasteiger partial charge in [-0.2, -0.15) is 0 Å². The van der Waals surface area contributed by atoms with Crippen LogP contribution >= 0.6 is 23.2 Å². The van der Waals surface area contributed by atoms with E-state index in [1.807, 2.05) is 0 Å². The number of Topliss-reactive ketones (excluding diaryl/α,β-unsaturated/α-hetero) is 1. The third kappa shape index (κ3) is 4.64. The van der Waals surface area contributed by atoms with Gasteiger partial charge in [0.25, 0.3) is 0 Å². The van der Waals surface area contributed by atoms with Gasteiger partial charge in [0.15, 0.2) is 16.8 Å². The fourth-order valence-electron chi connectivity index (χ4n) is 1.67. The van der Waals surface area contributed by atoms with Crippen LogP contribution in [0.2, 0.25) is 10.3 Å². The number of hydrogen-bond donors (Lipinski definition) is 1. The molecule has 0 fully saturated rings. The molecule has 120 valence electrons. The number of nitrogens with zero attached hydrogens (tertiary/aromatic N) is 1. The van der Waals surface area contributed by atoms with Gasteiger partial charge >= 0.3 is 11.9 Å². The van der Waals surface area contributed by atoms with E-state index in [2.05, 4.69) is 4.98 Å². The van der Waals surface area contributed by atoms with Gasteiger partial charge in [-0.15, -0.1) is 0 Å². The topological polar surface area (TPSA) is 93.6 Å². The monoisotopic (exact) mass is 351 g/mol. The van der Waals surface area contributed by atoms with Crippen LogP contribution in [0.1, 0.15) is 30.1 Å². The van der Waals surface area contributed by atoms with Crippen molar-refractivity contribution in [2.24, 2.45) is 5.92 Å². The van der Waals surface area contributed by atoms with Gasteiger partial charge in [0.1, 0.15) is 11.1 Å². The SMILES string of the molecule is CCOC(=O)C(CCC(=O)O)C(=O)c1cc(F)c(Cl)nc1Cl. The Morgan fingerprint density at radius 1 is 1.36 bits per heavy atom. The largest absolute Gasteiger partial charge is 0.481 e. The second kappa shape index (κ2) is 8.05. The lowest BCUT2D eigenvalue weighted by Gasteiger charge is -2.14. The summed E-state index contributed by atoms with van der Waals surface area (Å²) in [7, 11) is 0. The number of ketones is 1. The zero-order valence-corrected chi connectivity index (χ0v) is 12.9. The Balaban J connectivity index is 3.12. The van der Waals surface area contributed by atoms with E-state index >= 15 is 0 Å². The molecule has 1 N–H and O–H groups in total. The maximum absolute atomic E-state index is 13.4. The van der Waals surface area contributed by atoms with Crippen LogP contribution in [0.15, 0.2) is 6.07 Å². The molecule has 0 aliphatic rings. The van der Waals surface area contributed by atoms with Gasteiger partial charge in [0.05, 0.1) is 12.2 Å². The van der Waals surface area contributed by atoms with Crippen molar-refractivity contribution in [1.29, 1.82) is 0 Å². The Labute approximate surface area is 135 Å².